The second-order valence-electron chi connectivity index (χ2n) is 6.72. The van der Waals surface area contributed by atoms with Crippen LogP contribution in [0.15, 0.2) is 0 Å². The van der Waals surface area contributed by atoms with E-state index < -0.39 is 5.97 Å². The lowest BCUT2D eigenvalue weighted by Gasteiger charge is -2.34. The third-order valence-electron chi connectivity index (χ3n) is 5.15. The smallest absolute Gasteiger partial charge is 0.339 e. The summed E-state index contributed by atoms with van der Waals surface area (Å²) in [5.41, 5.74) is 2.12. The van der Waals surface area contributed by atoms with Crippen molar-refractivity contribution in [3.05, 3.63) is 22.5 Å². The van der Waals surface area contributed by atoms with Gasteiger partial charge in [-0.25, -0.2) is 4.79 Å². The molecule has 1 saturated heterocycles. The van der Waals surface area contributed by atoms with Gasteiger partial charge in [0.2, 0.25) is 0 Å². The zero-order valence-electron chi connectivity index (χ0n) is 16.2. The number of piperidine rings is 1. The summed E-state index contributed by atoms with van der Waals surface area (Å²) >= 11 is 0. The summed E-state index contributed by atoms with van der Waals surface area (Å²) < 4.78 is 9.88. The molecule has 144 valence electrons. The summed E-state index contributed by atoms with van der Waals surface area (Å²) in [6, 6.07) is -0.333. The SMILES string of the molecule is CCOC(=O)C1CCN([C@H](C)C(=O)c2[nH]c(C)c(C(=O)OC)c2C)CC1. The van der Waals surface area contributed by atoms with E-state index in [0.29, 0.717) is 55.1 Å². The van der Waals surface area contributed by atoms with Crippen molar-refractivity contribution in [1.29, 1.82) is 0 Å². The Kier molecular flexibility index (Phi) is 6.58. The summed E-state index contributed by atoms with van der Waals surface area (Å²) in [6.07, 6.45) is 1.37. The molecule has 0 aliphatic carbocycles. The van der Waals surface area contributed by atoms with E-state index in [1.54, 1.807) is 20.8 Å². The molecule has 1 atom stereocenters. The number of ketones is 1. The fourth-order valence-corrected chi connectivity index (χ4v) is 3.56. The lowest BCUT2D eigenvalue weighted by atomic mass is 9.94. The minimum absolute atomic E-state index is 0.0599. The van der Waals surface area contributed by atoms with Gasteiger partial charge in [-0.3, -0.25) is 14.5 Å². The summed E-state index contributed by atoms with van der Waals surface area (Å²) in [5, 5.41) is 0. The van der Waals surface area contributed by atoms with Crippen LogP contribution in [0.1, 0.15) is 58.8 Å². The second-order valence-corrected chi connectivity index (χ2v) is 6.72. The van der Waals surface area contributed by atoms with Crippen LogP contribution in [0.3, 0.4) is 0 Å². The molecule has 7 nitrogen and oxygen atoms in total. The van der Waals surface area contributed by atoms with Gasteiger partial charge in [0.15, 0.2) is 5.78 Å². The first-order valence-corrected chi connectivity index (χ1v) is 9.04. The van der Waals surface area contributed by atoms with Gasteiger partial charge in [0.1, 0.15) is 0 Å². The van der Waals surface area contributed by atoms with E-state index in [-0.39, 0.29) is 23.7 Å². The molecule has 1 aromatic heterocycles. The molecule has 2 heterocycles. The number of carbonyl (C=O) groups is 3. The Balaban J connectivity index is 2.07. The topological polar surface area (TPSA) is 88.7 Å². The maximum Gasteiger partial charge on any atom is 0.339 e. The molecular weight excluding hydrogens is 336 g/mol. The van der Waals surface area contributed by atoms with Gasteiger partial charge in [0, 0.05) is 5.69 Å². The van der Waals surface area contributed by atoms with Gasteiger partial charge < -0.3 is 14.5 Å². The number of H-pyrrole nitrogens is 1. The van der Waals surface area contributed by atoms with Crippen LogP contribution >= 0.6 is 0 Å². The van der Waals surface area contributed by atoms with Crippen molar-refractivity contribution in [1.82, 2.24) is 9.88 Å². The average molecular weight is 364 g/mol. The maximum absolute atomic E-state index is 12.9. The Labute approximate surface area is 154 Å². The number of methoxy groups -OCH3 is 1. The number of ether oxygens (including phenoxy) is 2. The molecule has 0 bridgehead atoms. The number of likely N-dealkylation sites (tertiary alicyclic amines) is 1. The van der Waals surface area contributed by atoms with Crippen molar-refractivity contribution >= 4 is 17.7 Å². The second kappa shape index (κ2) is 8.49. The number of Topliss-reactive ketones (excluding diaryl/α,β-unsaturated/α-hetero) is 1. The summed E-state index contributed by atoms with van der Waals surface area (Å²) in [6.45, 7) is 8.89. The van der Waals surface area contributed by atoms with Crippen molar-refractivity contribution in [3.63, 3.8) is 0 Å². The number of rotatable bonds is 6. The standard InChI is InChI=1S/C19H28N2O5/c1-6-26-18(23)14-7-9-21(10-8-14)13(4)17(22)16-11(2)15(12(3)20-16)19(24)25-5/h13-14,20H,6-10H2,1-5H3/t13-/m1/s1. The van der Waals surface area contributed by atoms with Gasteiger partial charge in [-0.2, -0.15) is 0 Å². The van der Waals surface area contributed by atoms with E-state index in [0.717, 1.165) is 0 Å². The van der Waals surface area contributed by atoms with Crippen LogP contribution in [0, 0.1) is 19.8 Å². The number of aromatic nitrogens is 1. The molecular formula is C19H28N2O5. The third kappa shape index (κ3) is 3.98. The van der Waals surface area contributed by atoms with E-state index in [9.17, 15) is 14.4 Å². The van der Waals surface area contributed by atoms with Gasteiger partial charge in [-0.15, -0.1) is 0 Å². The fraction of sp³-hybridized carbons (Fsp3) is 0.632. The van der Waals surface area contributed by atoms with Gasteiger partial charge >= 0.3 is 11.9 Å². The highest BCUT2D eigenvalue weighted by Gasteiger charge is 2.32. The number of esters is 2. The Morgan fingerprint density at radius 1 is 1.23 bits per heavy atom. The lowest BCUT2D eigenvalue weighted by Crippen LogP contribution is -2.45. The highest BCUT2D eigenvalue weighted by atomic mass is 16.5. The Hall–Kier alpha value is -2.15. The van der Waals surface area contributed by atoms with E-state index in [2.05, 4.69) is 9.88 Å². The molecule has 0 spiro atoms. The number of aromatic amines is 1. The van der Waals surface area contributed by atoms with E-state index in [1.807, 2.05) is 6.92 Å². The Bertz CT molecular complexity index is 686. The molecule has 1 fully saturated rings. The summed E-state index contributed by atoms with van der Waals surface area (Å²) in [5.74, 6) is -0.743. The van der Waals surface area contributed by atoms with E-state index in [1.165, 1.54) is 7.11 Å². The number of hydrogen-bond donors (Lipinski definition) is 1. The van der Waals surface area contributed by atoms with Crippen LogP contribution < -0.4 is 0 Å². The molecule has 7 heteroatoms. The molecule has 1 N–H and O–H groups in total. The van der Waals surface area contributed by atoms with Crippen molar-refractivity contribution in [2.45, 2.75) is 46.6 Å². The fourth-order valence-electron chi connectivity index (χ4n) is 3.56. The van der Waals surface area contributed by atoms with Crippen molar-refractivity contribution in [2.24, 2.45) is 5.92 Å². The van der Waals surface area contributed by atoms with Crippen LogP contribution in [-0.2, 0) is 14.3 Å². The Morgan fingerprint density at radius 2 is 1.85 bits per heavy atom. The normalized spacial score (nSPS) is 17.0. The van der Waals surface area contributed by atoms with Crippen LogP contribution in [0.25, 0.3) is 0 Å². The summed E-state index contributed by atoms with van der Waals surface area (Å²) in [7, 11) is 1.33. The minimum Gasteiger partial charge on any atom is -0.466 e. The molecule has 2 rings (SSSR count). The number of hydrogen-bond acceptors (Lipinski definition) is 6. The maximum atomic E-state index is 12.9. The molecule has 1 aliphatic heterocycles. The van der Waals surface area contributed by atoms with Crippen LogP contribution in [0.5, 0.6) is 0 Å². The molecule has 26 heavy (non-hydrogen) atoms. The monoisotopic (exact) mass is 364 g/mol. The highest BCUT2D eigenvalue weighted by molar-refractivity contribution is 6.03. The zero-order chi connectivity index (χ0) is 19.4. The van der Waals surface area contributed by atoms with Gasteiger partial charge in [0.25, 0.3) is 0 Å². The number of nitrogens with one attached hydrogen (secondary N) is 1. The lowest BCUT2D eigenvalue weighted by molar-refractivity contribution is -0.149. The van der Waals surface area contributed by atoms with Crippen LogP contribution in [0.2, 0.25) is 0 Å². The van der Waals surface area contributed by atoms with Crippen molar-refractivity contribution in [2.75, 3.05) is 26.8 Å². The van der Waals surface area contributed by atoms with E-state index in [4.69, 9.17) is 9.47 Å². The van der Waals surface area contributed by atoms with Crippen LogP contribution in [-0.4, -0.2) is 60.5 Å². The Morgan fingerprint density at radius 3 is 2.38 bits per heavy atom. The van der Waals surface area contributed by atoms with Crippen molar-refractivity contribution < 1.29 is 23.9 Å². The van der Waals surface area contributed by atoms with Crippen molar-refractivity contribution in [3.8, 4) is 0 Å². The molecule has 0 unspecified atom stereocenters. The first kappa shape index (κ1) is 20.2. The number of aryl methyl sites for hydroxylation is 1. The minimum atomic E-state index is -0.446. The van der Waals surface area contributed by atoms with Gasteiger partial charge in [-0.1, -0.05) is 0 Å². The molecule has 0 saturated carbocycles. The molecule has 1 aromatic rings. The predicted molar refractivity (Wildman–Crippen MR) is 96.3 cm³/mol. The quantitative estimate of drug-likeness (QED) is 0.615. The molecule has 0 amide bonds. The average Bonchev–Trinajstić information content (AvgIpc) is 2.94. The van der Waals surface area contributed by atoms with Gasteiger partial charge in [0.05, 0.1) is 36.9 Å². The third-order valence-corrected chi connectivity index (χ3v) is 5.15. The predicted octanol–water partition coefficient (Wildman–Crippen LogP) is 2.26. The number of nitrogens with zero attached hydrogens (tertiary/aromatic N) is 1. The highest BCUT2D eigenvalue weighted by Crippen LogP contribution is 2.24. The zero-order valence-corrected chi connectivity index (χ0v) is 16.2. The molecule has 1 aliphatic rings. The number of carbonyl (C=O) groups excluding carboxylic acids is 3. The molecule has 0 radical (unpaired) electrons. The van der Waals surface area contributed by atoms with Gasteiger partial charge in [-0.05, 0) is 59.2 Å². The van der Waals surface area contributed by atoms with E-state index >= 15 is 0 Å². The first-order valence-electron chi connectivity index (χ1n) is 9.04. The summed E-state index contributed by atoms with van der Waals surface area (Å²) in [4.78, 5) is 41.8. The largest absolute Gasteiger partial charge is 0.466 e. The molecule has 0 aromatic carbocycles. The first-order chi connectivity index (χ1) is 12.3. The van der Waals surface area contributed by atoms with Crippen LogP contribution in [0.4, 0.5) is 0 Å².